The molecule has 0 aliphatic rings. The SMILES string of the molecule is C=CCc1c(C)nc(C)c(C(=O)O)c1OCc1ccc(-c2ccccc2-c2nn[nH]n2)cc1. The zero-order valence-electron chi connectivity index (χ0n) is 18.4. The third-order valence-corrected chi connectivity index (χ3v) is 5.36. The molecule has 0 spiro atoms. The molecule has 166 valence electrons. The zero-order valence-corrected chi connectivity index (χ0v) is 18.4. The van der Waals surface area contributed by atoms with Gasteiger partial charge in [0.1, 0.15) is 17.9 Å². The van der Waals surface area contributed by atoms with Gasteiger partial charge in [-0.2, -0.15) is 5.21 Å². The summed E-state index contributed by atoms with van der Waals surface area (Å²) in [6, 6.07) is 15.7. The molecule has 2 heterocycles. The molecule has 0 amide bonds. The normalized spacial score (nSPS) is 10.7. The van der Waals surface area contributed by atoms with Gasteiger partial charge in [-0.05, 0) is 42.2 Å². The number of tetrazole rings is 1. The summed E-state index contributed by atoms with van der Waals surface area (Å²) in [6.45, 7) is 7.52. The van der Waals surface area contributed by atoms with Gasteiger partial charge in [-0.3, -0.25) is 4.98 Å². The molecule has 4 rings (SSSR count). The van der Waals surface area contributed by atoms with Crippen LogP contribution in [0.1, 0.15) is 32.9 Å². The standard InChI is InChI=1S/C25H23N5O3/c1-4-7-19-15(2)26-16(3)22(25(31)32)23(19)33-14-17-10-12-18(13-11-17)20-8-5-6-9-21(20)24-27-29-30-28-24/h4-6,8-13H,1,7,14H2,2-3H3,(H,31,32)(H,27,28,29,30). The molecule has 8 nitrogen and oxygen atoms in total. The number of carboxylic acid groups (broad SMARTS) is 1. The van der Waals surface area contributed by atoms with Gasteiger partial charge in [0.05, 0.1) is 5.69 Å². The summed E-state index contributed by atoms with van der Waals surface area (Å²) in [5, 5.41) is 24.0. The molecule has 8 heteroatoms. The summed E-state index contributed by atoms with van der Waals surface area (Å²) in [7, 11) is 0. The van der Waals surface area contributed by atoms with Crippen molar-refractivity contribution in [1.29, 1.82) is 0 Å². The van der Waals surface area contributed by atoms with E-state index >= 15 is 0 Å². The van der Waals surface area contributed by atoms with Crippen LogP contribution in [0.4, 0.5) is 0 Å². The van der Waals surface area contributed by atoms with E-state index in [0.29, 0.717) is 23.7 Å². The van der Waals surface area contributed by atoms with E-state index in [4.69, 9.17) is 4.74 Å². The van der Waals surface area contributed by atoms with E-state index in [9.17, 15) is 9.90 Å². The van der Waals surface area contributed by atoms with Crippen LogP contribution in [0.2, 0.25) is 0 Å². The summed E-state index contributed by atoms with van der Waals surface area (Å²) in [4.78, 5) is 16.3. The van der Waals surface area contributed by atoms with Crippen molar-refractivity contribution < 1.29 is 14.6 Å². The number of rotatable bonds is 8. The number of aromatic amines is 1. The zero-order chi connectivity index (χ0) is 23.4. The number of H-pyrrole nitrogens is 1. The average Bonchev–Trinajstić information content (AvgIpc) is 3.34. The summed E-state index contributed by atoms with van der Waals surface area (Å²) in [5.74, 6) is -0.190. The van der Waals surface area contributed by atoms with Crippen molar-refractivity contribution in [1.82, 2.24) is 25.6 Å². The van der Waals surface area contributed by atoms with Gasteiger partial charge in [0.2, 0.25) is 5.82 Å². The molecule has 0 radical (unpaired) electrons. The molecular weight excluding hydrogens is 418 g/mol. The third kappa shape index (κ3) is 4.50. The first-order valence-electron chi connectivity index (χ1n) is 10.4. The van der Waals surface area contributed by atoms with E-state index in [1.807, 2.05) is 55.5 Å². The quantitative estimate of drug-likeness (QED) is 0.386. The van der Waals surface area contributed by atoms with Gasteiger partial charge in [0.25, 0.3) is 0 Å². The number of aromatic nitrogens is 5. The molecule has 2 N–H and O–H groups in total. The number of nitrogens with zero attached hydrogens (tertiary/aromatic N) is 4. The highest BCUT2D eigenvalue weighted by Gasteiger charge is 2.22. The number of ether oxygens (including phenoxy) is 1. The Kier molecular flexibility index (Phi) is 6.26. The lowest BCUT2D eigenvalue weighted by Crippen LogP contribution is -2.11. The van der Waals surface area contributed by atoms with Crippen LogP contribution in [-0.2, 0) is 13.0 Å². The van der Waals surface area contributed by atoms with Crippen LogP contribution in [0.25, 0.3) is 22.5 Å². The van der Waals surface area contributed by atoms with Crippen molar-refractivity contribution in [2.75, 3.05) is 0 Å². The van der Waals surface area contributed by atoms with Crippen molar-refractivity contribution in [3.8, 4) is 28.3 Å². The van der Waals surface area contributed by atoms with Crippen LogP contribution in [0, 0.1) is 13.8 Å². The first kappa shape index (κ1) is 21.9. The maximum Gasteiger partial charge on any atom is 0.341 e. The second-order valence-corrected chi connectivity index (χ2v) is 7.53. The Labute approximate surface area is 191 Å². The number of aromatic carboxylic acids is 1. The minimum absolute atomic E-state index is 0.0862. The highest BCUT2D eigenvalue weighted by molar-refractivity contribution is 5.92. The second kappa shape index (κ2) is 9.44. The fourth-order valence-corrected chi connectivity index (χ4v) is 3.79. The van der Waals surface area contributed by atoms with Gasteiger partial charge in [0.15, 0.2) is 0 Å². The molecule has 0 saturated heterocycles. The first-order chi connectivity index (χ1) is 16.0. The average molecular weight is 441 g/mol. The minimum Gasteiger partial charge on any atom is -0.488 e. The molecule has 0 fully saturated rings. The monoisotopic (exact) mass is 441 g/mol. The number of aryl methyl sites for hydroxylation is 2. The van der Waals surface area contributed by atoms with Crippen molar-refractivity contribution >= 4 is 5.97 Å². The maximum atomic E-state index is 11.9. The highest BCUT2D eigenvalue weighted by atomic mass is 16.5. The van der Waals surface area contributed by atoms with Gasteiger partial charge in [-0.15, -0.1) is 16.8 Å². The molecule has 0 saturated carbocycles. The molecule has 0 bridgehead atoms. The van der Waals surface area contributed by atoms with Crippen molar-refractivity contribution in [3.05, 3.63) is 89.3 Å². The smallest absolute Gasteiger partial charge is 0.341 e. The lowest BCUT2D eigenvalue weighted by molar-refractivity contribution is 0.0690. The number of benzene rings is 2. The Morgan fingerprint density at radius 3 is 2.45 bits per heavy atom. The Hall–Kier alpha value is -4.33. The van der Waals surface area contributed by atoms with Crippen LogP contribution in [0.15, 0.2) is 61.2 Å². The van der Waals surface area contributed by atoms with E-state index in [-0.39, 0.29) is 12.2 Å². The predicted octanol–water partition coefficient (Wildman–Crippen LogP) is 4.55. The van der Waals surface area contributed by atoms with E-state index in [2.05, 4.69) is 32.2 Å². The minimum atomic E-state index is -1.06. The summed E-state index contributed by atoms with van der Waals surface area (Å²) >= 11 is 0. The Balaban J connectivity index is 1.61. The second-order valence-electron chi connectivity index (χ2n) is 7.53. The Morgan fingerprint density at radius 1 is 1.09 bits per heavy atom. The van der Waals surface area contributed by atoms with Gasteiger partial charge in [-0.25, -0.2) is 4.79 Å². The molecule has 4 aromatic rings. The van der Waals surface area contributed by atoms with Crippen LogP contribution in [-0.4, -0.2) is 36.7 Å². The number of carboxylic acids is 1. The molecule has 0 aliphatic heterocycles. The van der Waals surface area contributed by atoms with Crippen LogP contribution in [0.5, 0.6) is 5.75 Å². The van der Waals surface area contributed by atoms with Gasteiger partial charge in [0, 0.05) is 16.8 Å². The number of pyridine rings is 1. The molecular formula is C25H23N5O3. The number of nitrogens with one attached hydrogen (secondary N) is 1. The molecule has 0 aliphatic carbocycles. The number of hydrogen-bond acceptors (Lipinski definition) is 6. The van der Waals surface area contributed by atoms with Crippen molar-refractivity contribution in [2.45, 2.75) is 26.9 Å². The van der Waals surface area contributed by atoms with Crippen molar-refractivity contribution in [3.63, 3.8) is 0 Å². The van der Waals surface area contributed by atoms with Crippen molar-refractivity contribution in [2.24, 2.45) is 0 Å². The molecule has 2 aromatic carbocycles. The maximum absolute atomic E-state index is 11.9. The van der Waals surface area contributed by atoms with Crippen LogP contribution < -0.4 is 4.74 Å². The van der Waals surface area contributed by atoms with E-state index in [1.165, 1.54) is 0 Å². The lowest BCUT2D eigenvalue weighted by atomic mass is 9.98. The topological polar surface area (TPSA) is 114 Å². The molecule has 0 atom stereocenters. The molecule has 33 heavy (non-hydrogen) atoms. The highest BCUT2D eigenvalue weighted by Crippen LogP contribution is 2.32. The van der Waals surface area contributed by atoms with E-state index < -0.39 is 5.97 Å². The fourth-order valence-electron chi connectivity index (χ4n) is 3.79. The summed E-state index contributed by atoms with van der Waals surface area (Å²) < 4.78 is 6.06. The van der Waals surface area contributed by atoms with Gasteiger partial charge >= 0.3 is 5.97 Å². The first-order valence-corrected chi connectivity index (χ1v) is 10.4. The lowest BCUT2D eigenvalue weighted by Gasteiger charge is -2.17. The third-order valence-electron chi connectivity index (χ3n) is 5.36. The number of carbonyl (C=O) groups is 1. The number of allylic oxidation sites excluding steroid dienone is 1. The molecule has 0 unspecified atom stereocenters. The molecule has 2 aromatic heterocycles. The summed E-state index contributed by atoms with van der Waals surface area (Å²) in [5.41, 5.74) is 5.74. The van der Waals surface area contributed by atoms with Crippen LogP contribution in [0.3, 0.4) is 0 Å². The Bertz CT molecular complexity index is 1300. The van der Waals surface area contributed by atoms with Gasteiger partial charge < -0.3 is 9.84 Å². The predicted molar refractivity (Wildman–Crippen MR) is 124 cm³/mol. The largest absolute Gasteiger partial charge is 0.488 e. The van der Waals surface area contributed by atoms with E-state index in [0.717, 1.165) is 33.5 Å². The van der Waals surface area contributed by atoms with Crippen LogP contribution >= 0.6 is 0 Å². The van der Waals surface area contributed by atoms with Gasteiger partial charge in [-0.1, -0.05) is 54.6 Å². The number of hydrogen-bond donors (Lipinski definition) is 2. The van der Waals surface area contributed by atoms with E-state index in [1.54, 1.807) is 13.0 Å². The Morgan fingerprint density at radius 2 is 1.82 bits per heavy atom. The fraction of sp³-hybridized carbons (Fsp3) is 0.160. The summed E-state index contributed by atoms with van der Waals surface area (Å²) in [6.07, 6.45) is 2.19.